The fourth-order valence-electron chi connectivity index (χ4n) is 2.58. The van der Waals surface area contributed by atoms with Gasteiger partial charge in [-0.05, 0) is 25.5 Å². The van der Waals surface area contributed by atoms with Gasteiger partial charge in [0, 0.05) is 38.5 Å². The average Bonchev–Trinajstić information content (AvgIpc) is 2.40. The van der Waals surface area contributed by atoms with Crippen LogP contribution >= 0.6 is 0 Å². The van der Waals surface area contributed by atoms with Gasteiger partial charge >= 0.3 is 0 Å². The van der Waals surface area contributed by atoms with E-state index in [-0.39, 0.29) is 0 Å². The quantitative estimate of drug-likeness (QED) is 0.880. The molecule has 1 fully saturated rings. The van der Waals surface area contributed by atoms with Crippen LogP contribution in [0.25, 0.3) is 0 Å². The van der Waals surface area contributed by atoms with E-state index in [9.17, 15) is 0 Å². The van der Waals surface area contributed by atoms with Gasteiger partial charge in [-0.1, -0.05) is 13.0 Å². The first-order valence-electron chi connectivity index (χ1n) is 6.62. The third kappa shape index (κ3) is 2.82. The molecule has 2 atom stereocenters. The Labute approximate surface area is 109 Å². The monoisotopic (exact) mass is 249 g/mol. The van der Waals surface area contributed by atoms with Crippen LogP contribution in [0.1, 0.15) is 18.9 Å². The van der Waals surface area contributed by atoms with E-state index in [0.29, 0.717) is 12.0 Å². The predicted molar refractivity (Wildman–Crippen MR) is 73.8 cm³/mol. The highest BCUT2D eigenvalue weighted by molar-refractivity contribution is 5.47. The summed E-state index contributed by atoms with van der Waals surface area (Å²) >= 11 is 0. The number of anilines is 1. The first-order chi connectivity index (χ1) is 8.76. The zero-order valence-electron chi connectivity index (χ0n) is 11.5. The second-order valence-corrected chi connectivity index (χ2v) is 5.00. The van der Waals surface area contributed by atoms with E-state index in [1.807, 2.05) is 19.3 Å². The van der Waals surface area contributed by atoms with Crippen molar-refractivity contribution < 1.29 is 4.74 Å². The lowest BCUT2D eigenvalue weighted by Gasteiger charge is -2.37. The molecular formula is C14H23N3O. The maximum absolute atomic E-state index is 5.57. The summed E-state index contributed by atoms with van der Waals surface area (Å²) in [6.45, 7) is 5.12. The van der Waals surface area contributed by atoms with Gasteiger partial charge in [-0.25, -0.2) is 4.98 Å². The van der Waals surface area contributed by atoms with Crippen molar-refractivity contribution >= 4 is 5.82 Å². The number of pyridine rings is 1. The molecule has 2 heterocycles. The molecule has 1 aliphatic heterocycles. The molecule has 1 N–H and O–H groups in total. The van der Waals surface area contributed by atoms with E-state index in [4.69, 9.17) is 4.74 Å². The molecule has 1 saturated heterocycles. The van der Waals surface area contributed by atoms with Crippen molar-refractivity contribution in [2.45, 2.75) is 26.0 Å². The van der Waals surface area contributed by atoms with Crippen LogP contribution in [-0.2, 0) is 11.3 Å². The summed E-state index contributed by atoms with van der Waals surface area (Å²) in [5, 5.41) is 3.20. The lowest BCUT2D eigenvalue weighted by molar-refractivity contribution is 0.0496. The molecule has 0 radical (unpaired) electrons. The van der Waals surface area contributed by atoms with Crippen molar-refractivity contribution in [1.82, 2.24) is 10.3 Å². The summed E-state index contributed by atoms with van der Waals surface area (Å²) < 4.78 is 5.57. The highest BCUT2D eigenvalue weighted by atomic mass is 16.5. The maximum atomic E-state index is 5.57. The van der Waals surface area contributed by atoms with Crippen molar-refractivity contribution in [3.05, 3.63) is 23.9 Å². The van der Waals surface area contributed by atoms with Crippen LogP contribution in [0, 0.1) is 5.92 Å². The van der Waals surface area contributed by atoms with E-state index in [0.717, 1.165) is 31.9 Å². The Hall–Kier alpha value is -1.13. The molecule has 100 valence electrons. The van der Waals surface area contributed by atoms with Gasteiger partial charge in [0.05, 0.1) is 6.10 Å². The first kappa shape index (κ1) is 13.3. The zero-order valence-corrected chi connectivity index (χ0v) is 11.5. The normalized spacial score (nSPS) is 24.3. The summed E-state index contributed by atoms with van der Waals surface area (Å²) in [4.78, 5) is 6.89. The molecule has 18 heavy (non-hydrogen) atoms. The van der Waals surface area contributed by atoms with Crippen LogP contribution in [0.2, 0.25) is 0 Å². The average molecular weight is 249 g/mol. The lowest BCUT2D eigenvalue weighted by Crippen LogP contribution is -2.44. The SMILES string of the molecule is CNCc1cccnc1N1CCC(C)C(OC)C1. The van der Waals surface area contributed by atoms with Crippen LogP contribution in [-0.4, -0.2) is 38.3 Å². The number of rotatable bonds is 4. The maximum Gasteiger partial charge on any atom is 0.133 e. The summed E-state index contributed by atoms with van der Waals surface area (Å²) in [6.07, 6.45) is 3.34. The Morgan fingerprint density at radius 1 is 1.56 bits per heavy atom. The Bertz CT molecular complexity index is 383. The number of aromatic nitrogens is 1. The highest BCUT2D eigenvalue weighted by Crippen LogP contribution is 2.25. The molecule has 4 heteroatoms. The summed E-state index contributed by atoms with van der Waals surface area (Å²) in [5.41, 5.74) is 1.25. The Morgan fingerprint density at radius 3 is 3.11 bits per heavy atom. The topological polar surface area (TPSA) is 37.4 Å². The smallest absolute Gasteiger partial charge is 0.133 e. The molecule has 0 saturated carbocycles. The number of methoxy groups -OCH3 is 1. The Kier molecular flexibility index (Phi) is 4.55. The van der Waals surface area contributed by atoms with Gasteiger partial charge in [-0.15, -0.1) is 0 Å². The summed E-state index contributed by atoms with van der Waals surface area (Å²) in [7, 11) is 3.77. The van der Waals surface area contributed by atoms with E-state index in [2.05, 4.69) is 28.2 Å². The van der Waals surface area contributed by atoms with Gasteiger partial charge in [0.15, 0.2) is 0 Å². The van der Waals surface area contributed by atoms with E-state index in [1.165, 1.54) is 5.56 Å². The molecule has 4 nitrogen and oxygen atoms in total. The number of ether oxygens (including phenoxy) is 1. The molecule has 1 aromatic heterocycles. The number of piperidine rings is 1. The molecule has 1 aromatic rings. The van der Waals surface area contributed by atoms with Crippen LogP contribution in [0.3, 0.4) is 0 Å². The number of nitrogens with zero attached hydrogens (tertiary/aromatic N) is 2. The van der Waals surface area contributed by atoms with Crippen LogP contribution in [0.15, 0.2) is 18.3 Å². The number of hydrogen-bond donors (Lipinski definition) is 1. The van der Waals surface area contributed by atoms with Gasteiger partial charge in [0.1, 0.15) is 5.82 Å². The lowest BCUT2D eigenvalue weighted by atomic mass is 9.95. The standard InChI is InChI=1S/C14H23N3O/c1-11-6-8-17(10-13(11)18-3)14-12(9-15-2)5-4-7-16-14/h4-5,7,11,13,15H,6,8-10H2,1-3H3. The molecule has 0 bridgehead atoms. The fourth-order valence-corrected chi connectivity index (χ4v) is 2.58. The minimum atomic E-state index is 0.309. The minimum absolute atomic E-state index is 0.309. The molecule has 2 unspecified atom stereocenters. The molecule has 0 amide bonds. The van der Waals surface area contributed by atoms with Crippen LogP contribution in [0.4, 0.5) is 5.82 Å². The van der Waals surface area contributed by atoms with Gasteiger partial charge in [-0.2, -0.15) is 0 Å². The second kappa shape index (κ2) is 6.16. The van der Waals surface area contributed by atoms with E-state index >= 15 is 0 Å². The van der Waals surface area contributed by atoms with Crippen molar-refractivity contribution in [2.24, 2.45) is 5.92 Å². The number of nitrogens with one attached hydrogen (secondary N) is 1. The first-order valence-corrected chi connectivity index (χ1v) is 6.62. The molecule has 0 aliphatic carbocycles. The molecular weight excluding hydrogens is 226 g/mol. The van der Waals surface area contributed by atoms with Gasteiger partial charge < -0.3 is 15.0 Å². The summed E-state index contributed by atoms with van der Waals surface area (Å²) in [5.74, 6) is 1.73. The van der Waals surface area contributed by atoms with Gasteiger partial charge in [0.25, 0.3) is 0 Å². The molecule has 0 spiro atoms. The molecule has 2 rings (SSSR count). The highest BCUT2D eigenvalue weighted by Gasteiger charge is 2.27. The Morgan fingerprint density at radius 2 is 2.39 bits per heavy atom. The van der Waals surface area contributed by atoms with E-state index < -0.39 is 0 Å². The zero-order chi connectivity index (χ0) is 13.0. The minimum Gasteiger partial charge on any atom is -0.379 e. The largest absolute Gasteiger partial charge is 0.379 e. The van der Waals surface area contributed by atoms with Crippen molar-refractivity contribution in [2.75, 3.05) is 32.1 Å². The number of hydrogen-bond acceptors (Lipinski definition) is 4. The van der Waals surface area contributed by atoms with E-state index in [1.54, 1.807) is 7.11 Å². The van der Waals surface area contributed by atoms with Crippen LogP contribution in [0.5, 0.6) is 0 Å². The van der Waals surface area contributed by atoms with Gasteiger partial charge in [0.2, 0.25) is 0 Å². The summed E-state index contributed by atoms with van der Waals surface area (Å²) in [6, 6.07) is 4.13. The van der Waals surface area contributed by atoms with Crippen LogP contribution < -0.4 is 10.2 Å². The van der Waals surface area contributed by atoms with Gasteiger partial charge in [-0.3, -0.25) is 0 Å². The van der Waals surface area contributed by atoms with Crippen molar-refractivity contribution in [3.8, 4) is 0 Å². The van der Waals surface area contributed by atoms with Crippen molar-refractivity contribution in [3.63, 3.8) is 0 Å². The predicted octanol–water partition coefficient (Wildman–Crippen LogP) is 1.66. The molecule has 1 aliphatic rings. The third-order valence-corrected chi connectivity index (χ3v) is 3.73. The molecule has 0 aromatic carbocycles. The van der Waals surface area contributed by atoms with Crippen molar-refractivity contribution in [1.29, 1.82) is 0 Å². The second-order valence-electron chi connectivity index (χ2n) is 5.00. The Balaban J connectivity index is 2.16. The fraction of sp³-hybridized carbons (Fsp3) is 0.643. The third-order valence-electron chi connectivity index (χ3n) is 3.73.